The summed E-state index contributed by atoms with van der Waals surface area (Å²) in [6.45, 7) is 5.91. The lowest BCUT2D eigenvalue weighted by molar-refractivity contribution is -0.124. The van der Waals surface area contributed by atoms with E-state index in [1.54, 1.807) is 23.9 Å². The maximum Gasteiger partial charge on any atom is 0.241 e. The highest BCUT2D eigenvalue weighted by molar-refractivity contribution is 7.09. The third-order valence-electron chi connectivity index (χ3n) is 4.90. The van der Waals surface area contributed by atoms with Crippen molar-refractivity contribution in [2.24, 2.45) is 0 Å². The second-order valence-electron chi connectivity index (χ2n) is 6.89. The summed E-state index contributed by atoms with van der Waals surface area (Å²) in [5.41, 5.74) is 3.76. The highest BCUT2D eigenvalue weighted by Gasteiger charge is 2.30. The Morgan fingerprint density at radius 1 is 1.39 bits per heavy atom. The molecule has 4 rings (SSSR count). The van der Waals surface area contributed by atoms with Crippen LogP contribution in [0.15, 0.2) is 42.2 Å². The molecule has 1 fully saturated rings. The van der Waals surface area contributed by atoms with E-state index < -0.39 is 0 Å². The fraction of sp³-hybridized carbons (Fsp3) is 0.350. The summed E-state index contributed by atoms with van der Waals surface area (Å²) in [6, 6.07) is 7.48. The van der Waals surface area contributed by atoms with Gasteiger partial charge in [-0.05, 0) is 31.5 Å². The predicted molar refractivity (Wildman–Crippen MR) is 109 cm³/mol. The Morgan fingerprint density at radius 3 is 2.89 bits per heavy atom. The highest BCUT2D eigenvalue weighted by atomic mass is 32.1. The number of aromatic amines is 1. The average Bonchev–Trinajstić information content (AvgIpc) is 3.40. The Hall–Kier alpha value is -2.55. The Morgan fingerprint density at radius 2 is 2.21 bits per heavy atom. The van der Waals surface area contributed by atoms with Crippen molar-refractivity contribution < 1.29 is 9.53 Å². The molecule has 0 bridgehead atoms. The van der Waals surface area contributed by atoms with Crippen LogP contribution in [-0.4, -0.2) is 51.5 Å². The molecule has 28 heavy (non-hydrogen) atoms. The number of hydrogen-bond donors (Lipinski definition) is 2. The van der Waals surface area contributed by atoms with E-state index in [0.29, 0.717) is 13.2 Å². The minimum absolute atomic E-state index is 0.0229. The molecule has 3 aromatic rings. The Labute approximate surface area is 167 Å². The number of anilines is 1. The zero-order valence-corrected chi connectivity index (χ0v) is 16.7. The Balaban J connectivity index is 1.37. The molecule has 1 saturated heterocycles. The van der Waals surface area contributed by atoms with Crippen LogP contribution in [-0.2, 0) is 9.53 Å². The third kappa shape index (κ3) is 4.14. The Bertz CT molecular complexity index is 922. The fourth-order valence-corrected chi connectivity index (χ4v) is 4.08. The molecule has 146 valence electrons. The van der Waals surface area contributed by atoms with E-state index in [2.05, 4.69) is 25.2 Å². The van der Waals surface area contributed by atoms with Crippen molar-refractivity contribution in [1.82, 2.24) is 19.9 Å². The maximum absolute atomic E-state index is 12.7. The van der Waals surface area contributed by atoms with Crippen molar-refractivity contribution in [2.45, 2.75) is 26.0 Å². The molecule has 2 atom stereocenters. The summed E-state index contributed by atoms with van der Waals surface area (Å²) in [5.74, 6) is -0.0229. The normalized spacial score (nSPS) is 18.7. The molecule has 1 aromatic carbocycles. The number of aryl methyl sites for hydroxylation is 1. The average molecular weight is 398 g/mol. The van der Waals surface area contributed by atoms with Gasteiger partial charge in [-0.25, -0.2) is 9.97 Å². The molecule has 2 unspecified atom stereocenters. The van der Waals surface area contributed by atoms with Gasteiger partial charge in [0.1, 0.15) is 11.1 Å². The number of amides is 1. The van der Waals surface area contributed by atoms with E-state index in [4.69, 9.17) is 4.74 Å². The number of imidazole rings is 1. The lowest BCUT2D eigenvalue weighted by atomic mass is 10.1. The first-order valence-electron chi connectivity index (χ1n) is 9.27. The lowest BCUT2D eigenvalue weighted by Gasteiger charge is -2.35. The first kappa shape index (κ1) is 18.8. The van der Waals surface area contributed by atoms with E-state index >= 15 is 0 Å². The van der Waals surface area contributed by atoms with Gasteiger partial charge in [0.2, 0.25) is 5.91 Å². The number of carbonyl (C=O) groups excluding carboxylic acids is 1. The van der Waals surface area contributed by atoms with E-state index in [0.717, 1.165) is 34.2 Å². The molecule has 7 nitrogen and oxygen atoms in total. The molecular formula is C20H23N5O2S. The van der Waals surface area contributed by atoms with Crippen molar-refractivity contribution in [2.75, 3.05) is 25.0 Å². The van der Waals surface area contributed by atoms with Gasteiger partial charge < -0.3 is 15.0 Å². The van der Waals surface area contributed by atoms with Gasteiger partial charge in [-0.3, -0.25) is 9.69 Å². The summed E-state index contributed by atoms with van der Waals surface area (Å²) in [6.07, 6.45) is 3.35. The number of aromatic nitrogens is 3. The summed E-state index contributed by atoms with van der Waals surface area (Å²) < 4.78 is 5.87. The first-order valence-corrected chi connectivity index (χ1v) is 10.2. The molecule has 3 heterocycles. The third-order valence-corrected chi connectivity index (χ3v) is 5.95. The summed E-state index contributed by atoms with van der Waals surface area (Å²) in [4.78, 5) is 26.5. The van der Waals surface area contributed by atoms with Gasteiger partial charge in [0.15, 0.2) is 0 Å². The topological polar surface area (TPSA) is 83.1 Å². The number of carbonyl (C=O) groups is 1. The van der Waals surface area contributed by atoms with Gasteiger partial charge in [-0.15, -0.1) is 11.3 Å². The molecule has 2 N–H and O–H groups in total. The van der Waals surface area contributed by atoms with Crippen LogP contribution in [0.4, 0.5) is 5.69 Å². The van der Waals surface area contributed by atoms with Crippen LogP contribution in [0.5, 0.6) is 0 Å². The summed E-state index contributed by atoms with van der Waals surface area (Å²) in [7, 11) is 0. The second-order valence-corrected chi connectivity index (χ2v) is 7.78. The quantitative estimate of drug-likeness (QED) is 0.691. The Kier molecular flexibility index (Phi) is 5.52. The zero-order valence-electron chi connectivity index (χ0n) is 15.9. The predicted octanol–water partition coefficient (Wildman–Crippen LogP) is 3.24. The van der Waals surface area contributed by atoms with Gasteiger partial charge in [-0.1, -0.05) is 12.1 Å². The molecule has 1 aliphatic heterocycles. The number of rotatable bonds is 5. The summed E-state index contributed by atoms with van der Waals surface area (Å²) in [5, 5.41) is 6.01. The number of H-pyrrole nitrogens is 1. The van der Waals surface area contributed by atoms with E-state index in [1.165, 1.54) is 0 Å². The first-order chi connectivity index (χ1) is 13.6. The van der Waals surface area contributed by atoms with Crippen molar-refractivity contribution in [3.63, 3.8) is 0 Å². The van der Waals surface area contributed by atoms with Crippen molar-refractivity contribution in [3.8, 4) is 11.3 Å². The van der Waals surface area contributed by atoms with Crippen molar-refractivity contribution >= 4 is 22.9 Å². The molecule has 0 aliphatic carbocycles. The van der Waals surface area contributed by atoms with Crippen LogP contribution in [0.2, 0.25) is 0 Å². The van der Waals surface area contributed by atoms with Crippen LogP contribution in [0.25, 0.3) is 11.3 Å². The molecule has 1 amide bonds. The molecule has 0 radical (unpaired) electrons. The fourth-order valence-electron chi connectivity index (χ4n) is 3.25. The monoisotopic (exact) mass is 397 g/mol. The minimum Gasteiger partial charge on any atom is -0.368 e. The number of thiazole rings is 1. The lowest BCUT2D eigenvalue weighted by Crippen LogP contribution is -2.48. The number of hydrogen-bond acceptors (Lipinski definition) is 6. The molecule has 0 saturated carbocycles. The van der Waals surface area contributed by atoms with Gasteiger partial charge in [-0.2, -0.15) is 0 Å². The number of ether oxygens (including phenoxy) is 1. The van der Waals surface area contributed by atoms with Crippen LogP contribution >= 0.6 is 11.3 Å². The van der Waals surface area contributed by atoms with Gasteiger partial charge >= 0.3 is 0 Å². The van der Waals surface area contributed by atoms with E-state index in [-0.39, 0.29) is 18.1 Å². The number of nitrogens with zero attached hydrogens (tertiary/aromatic N) is 3. The van der Waals surface area contributed by atoms with Crippen molar-refractivity contribution in [3.05, 3.63) is 52.9 Å². The van der Waals surface area contributed by atoms with E-state index in [9.17, 15) is 4.79 Å². The van der Waals surface area contributed by atoms with Crippen molar-refractivity contribution in [1.29, 1.82) is 0 Å². The SMILES string of the molecule is Cc1csc(C2CN(C(C)C(=O)Nc3ccc(-c4cnc[nH]4)cc3)CCO2)n1. The molecule has 8 heteroatoms. The molecule has 2 aromatic heterocycles. The smallest absolute Gasteiger partial charge is 0.241 e. The number of nitrogens with one attached hydrogen (secondary N) is 2. The van der Waals surface area contributed by atoms with Gasteiger partial charge in [0.05, 0.1) is 30.9 Å². The second kappa shape index (κ2) is 8.22. The highest BCUT2D eigenvalue weighted by Crippen LogP contribution is 2.26. The summed E-state index contributed by atoms with van der Waals surface area (Å²) >= 11 is 1.61. The largest absolute Gasteiger partial charge is 0.368 e. The van der Waals surface area contributed by atoms with Crippen LogP contribution in [0, 0.1) is 6.92 Å². The van der Waals surface area contributed by atoms with Crippen LogP contribution in [0.1, 0.15) is 23.7 Å². The van der Waals surface area contributed by atoms with Crippen LogP contribution in [0.3, 0.4) is 0 Å². The standard InChI is InChI=1S/C20H23N5O2S/c1-13-11-28-20(23-13)18-10-25(7-8-27-18)14(2)19(26)24-16-5-3-15(4-6-16)17-9-21-12-22-17/h3-6,9,11-12,14,18H,7-8,10H2,1-2H3,(H,21,22)(H,24,26). The molecule has 0 spiro atoms. The van der Waals surface area contributed by atoms with Gasteiger partial charge in [0.25, 0.3) is 0 Å². The zero-order chi connectivity index (χ0) is 19.5. The number of benzene rings is 1. The number of morpholine rings is 1. The van der Waals surface area contributed by atoms with Gasteiger partial charge in [0, 0.05) is 29.9 Å². The minimum atomic E-state index is -0.250. The molecular weight excluding hydrogens is 374 g/mol. The maximum atomic E-state index is 12.7. The molecule has 1 aliphatic rings. The van der Waals surface area contributed by atoms with E-state index in [1.807, 2.05) is 43.5 Å². The van der Waals surface area contributed by atoms with Crippen LogP contribution < -0.4 is 5.32 Å².